The van der Waals surface area contributed by atoms with Crippen LogP contribution in [0.2, 0.25) is 0 Å². The van der Waals surface area contributed by atoms with Gasteiger partial charge in [0.1, 0.15) is 0 Å². The molecule has 0 bridgehead atoms. The van der Waals surface area contributed by atoms with Crippen LogP contribution in [0.1, 0.15) is 66.7 Å². The Balaban J connectivity index is 2.10. The van der Waals surface area contributed by atoms with E-state index in [0.29, 0.717) is 17.8 Å². The fourth-order valence-corrected chi connectivity index (χ4v) is 6.54. The Labute approximate surface area is 152 Å². The third-order valence-electron chi connectivity index (χ3n) is 7.40. The van der Waals surface area contributed by atoms with Gasteiger partial charge in [-0.15, -0.1) is 0 Å². The smallest absolute Gasteiger partial charge is 0.307 e. The number of rotatable bonds is 5. The van der Waals surface area contributed by atoms with Crippen LogP contribution < -0.4 is 0 Å². The van der Waals surface area contributed by atoms with E-state index < -0.39 is 11.9 Å². The highest BCUT2D eigenvalue weighted by atomic mass is 16.4. The van der Waals surface area contributed by atoms with Crippen molar-refractivity contribution in [1.82, 2.24) is 0 Å². The first kappa shape index (κ1) is 20.3. The number of hydrogen-bond donors (Lipinski definition) is 2. The molecule has 2 aliphatic carbocycles. The fraction of sp³-hybridized carbons (Fsp3) is 0.905. The molecule has 2 fully saturated rings. The summed E-state index contributed by atoms with van der Waals surface area (Å²) in [5.74, 6) is 0.953. The minimum Gasteiger partial charge on any atom is -0.481 e. The van der Waals surface area contributed by atoms with Gasteiger partial charge in [0.05, 0.1) is 11.8 Å². The lowest BCUT2D eigenvalue weighted by Gasteiger charge is -2.46. The number of carbonyl (C=O) groups is 2. The topological polar surface area (TPSA) is 74.6 Å². The van der Waals surface area contributed by atoms with Crippen molar-refractivity contribution in [3.63, 3.8) is 0 Å². The fourth-order valence-electron chi connectivity index (χ4n) is 6.54. The molecule has 2 aliphatic rings. The summed E-state index contributed by atoms with van der Waals surface area (Å²) >= 11 is 0. The summed E-state index contributed by atoms with van der Waals surface area (Å²) in [5, 5.41) is 19.0. The van der Waals surface area contributed by atoms with Crippen molar-refractivity contribution in [3.05, 3.63) is 0 Å². The van der Waals surface area contributed by atoms with Gasteiger partial charge in [-0.05, 0) is 67.1 Å². The van der Waals surface area contributed by atoms with E-state index >= 15 is 0 Å². The maximum absolute atomic E-state index is 11.6. The Morgan fingerprint density at radius 1 is 0.760 bits per heavy atom. The van der Waals surface area contributed by atoms with E-state index in [-0.39, 0.29) is 35.5 Å². The third kappa shape index (κ3) is 4.20. The summed E-state index contributed by atoms with van der Waals surface area (Å²) in [5.41, 5.74) is 0. The highest BCUT2D eigenvalue weighted by Crippen LogP contribution is 2.49. The van der Waals surface area contributed by atoms with Crippen LogP contribution in [0, 0.1) is 53.3 Å². The maximum atomic E-state index is 11.6. The lowest BCUT2D eigenvalue weighted by Crippen LogP contribution is -2.42. The molecule has 4 unspecified atom stereocenters. The molecule has 4 nitrogen and oxygen atoms in total. The monoisotopic (exact) mass is 352 g/mol. The molecule has 0 aliphatic heterocycles. The largest absolute Gasteiger partial charge is 0.481 e. The summed E-state index contributed by atoms with van der Waals surface area (Å²) in [6, 6.07) is 0. The van der Waals surface area contributed by atoms with E-state index in [4.69, 9.17) is 0 Å². The number of carboxylic acid groups (broad SMARTS) is 2. The predicted octanol–water partition coefficient (Wildman–Crippen LogP) is 4.78. The standard InChI is InChI=1S/C21H36O4/c1-6-17(15-7-11(2)18(20(22)23)12(3)8-15)16-9-13(4)19(21(24)25)14(5)10-16/h11-19H,6-10H2,1-5H3,(H,22,23)(H,24,25). The van der Waals surface area contributed by atoms with Crippen molar-refractivity contribution in [1.29, 1.82) is 0 Å². The number of carboxylic acids is 2. The van der Waals surface area contributed by atoms with Crippen molar-refractivity contribution in [3.8, 4) is 0 Å². The first-order chi connectivity index (χ1) is 11.7. The van der Waals surface area contributed by atoms with Crippen molar-refractivity contribution in [2.45, 2.75) is 66.7 Å². The molecular weight excluding hydrogens is 316 g/mol. The Kier molecular flexibility index (Phi) is 6.56. The Morgan fingerprint density at radius 2 is 1.04 bits per heavy atom. The minimum atomic E-state index is -0.643. The van der Waals surface area contributed by atoms with Gasteiger partial charge in [-0.2, -0.15) is 0 Å². The number of hydrogen-bond acceptors (Lipinski definition) is 2. The zero-order valence-electron chi connectivity index (χ0n) is 16.4. The Hall–Kier alpha value is -1.06. The Morgan fingerprint density at radius 3 is 1.24 bits per heavy atom. The lowest BCUT2D eigenvalue weighted by atomic mass is 9.58. The molecule has 0 amide bonds. The van der Waals surface area contributed by atoms with E-state index in [2.05, 4.69) is 34.6 Å². The molecule has 0 aromatic heterocycles. The molecule has 0 heterocycles. The molecule has 0 aromatic carbocycles. The molecule has 2 N–H and O–H groups in total. The molecule has 0 spiro atoms. The van der Waals surface area contributed by atoms with Crippen molar-refractivity contribution < 1.29 is 19.8 Å². The van der Waals surface area contributed by atoms with Gasteiger partial charge in [0.15, 0.2) is 0 Å². The zero-order chi connectivity index (χ0) is 18.9. The summed E-state index contributed by atoms with van der Waals surface area (Å²) in [4.78, 5) is 23.1. The Bertz CT molecular complexity index is 422. The highest BCUT2D eigenvalue weighted by molar-refractivity contribution is 5.71. The van der Waals surface area contributed by atoms with Crippen LogP contribution in [0.4, 0.5) is 0 Å². The molecule has 4 heteroatoms. The number of aliphatic carboxylic acids is 2. The van der Waals surface area contributed by atoms with Gasteiger partial charge >= 0.3 is 11.9 Å². The van der Waals surface area contributed by atoms with E-state index in [1.54, 1.807) is 0 Å². The zero-order valence-corrected chi connectivity index (χ0v) is 16.4. The van der Waals surface area contributed by atoms with Crippen LogP contribution in [0.15, 0.2) is 0 Å². The second-order valence-corrected chi connectivity index (χ2v) is 9.17. The first-order valence-corrected chi connectivity index (χ1v) is 10.1. The van der Waals surface area contributed by atoms with Gasteiger partial charge in [-0.25, -0.2) is 0 Å². The predicted molar refractivity (Wildman–Crippen MR) is 98.1 cm³/mol. The van der Waals surface area contributed by atoms with Crippen molar-refractivity contribution >= 4 is 11.9 Å². The molecule has 2 rings (SSSR count). The van der Waals surface area contributed by atoms with E-state index in [1.807, 2.05) is 0 Å². The van der Waals surface area contributed by atoms with Crippen LogP contribution in [0.25, 0.3) is 0 Å². The lowest BCUT2D eigenvalue weighted by molar-refractivity contribution is -0.148. The average Bonchev–Trinajstić information content (AvgIpc) is 2.45. The van der Waals surface area contributed by atoms with E-state index in [1.165, 1.54) is 0 Å². The molecule has 0 saturated heterocycles. The second kappa shape index (κ2) is 8.09. The van der Waals surface area contributed by atoms with Gasteiger partial charge in [0.2, 0.25) is 0 Å². The summed E-state index contributed by atoms with van der Waals surface area (Å²) in [6.07, 6.45) is 5.12. The second-order valence-electron chi connectivity index (χ2n) is 9.17. The van der Waals surface area contributed by atoms with Crippen molar-refractivity contribution in [2.75, 3.05) is 0 Å². The van der Waals surface area contributed by atoms with Crippen molar-refractivity contribution in [2.24, 2.45) is 53.3 Å². The molecule has 0 aromatic rings. The van der Waals surface area contributed by atoms with E-state index in [0.717, 1.165) is 32.1 Å². The first-order valence-electron chi connectivity index (χ1n) is 10.1. The molecular formula is C21H36O4. The molecule has 2 saturated carbocycles. The van der Waals surface area contributed by atoms with Crippen LogP contribution in [-0.2, 0) is 9.59 Å². The maximum Gasteiger partial charge on any atom is 0.307 e. The van der Waals surface area contributed by atoms with Gasteiger partial charge < -0.3 is 10.2 Å². The summed E-state index contributed by atoms with van der Waals surface area (Å²) in [6.45, 7) is 10.6. The van der Waals surface area contributed by atoms with Gasteiger partial charge in [0, 0.05) is 0 Å². The summed E-state index contributed by atoms with van der Waals surface area (Å²) in [7, 11) is 0. The van der Waals surface area contributed by atoms with Crippen LogP contribution in [0.3, 0.4) is 0 Å². The quantitative estimate of drug-likeness (QED) is 0.747. The summed E-state index contributed by atoms with van der Waals surface area (Å²) < 4.78 is 0. The SMILES string of the molecule is CCC(C1CC(C)C(C(=O)O)C(C)C1)C1CC(C)C(C(=O)O)C(C)C1. The molecule has 25 heavy (non-hydrogen) atoms. The van der Waals surface area contributed by atoms with E-state index in [9.17, 15) is 19.8 Å². The normalized spacial score (nSPS) is 43.4. The highest BCUT2D eigenvalue weighted by Gasteiger charge is 2.45. The molecule has 4 atom stereocenters. The minimum absolute atomic E-state index is 0.214. The van der Waals surface area contributed by atoms with Gasteiger partial charge in [-0.1, -0.05) is 41.0 Å². The van der Waals surface area contributed by atoms with Crippen LogP contribution in [-0.4, -0.2) is 22.2 Å². The van der Waals surface area contributed by atoms with Gasteiger partial charge in [0.25, 0.3) is 0 Å². The molecule has 0 radical (unpaired) electrons. The average molecular weight is 353 g/mol. The van der Waals surface area contributed by atoms with Crippen LogP contribution in [0.5, 0.6) is 0 Å². The third-order valence-corrected chi connectivity index (χ3v) is 7.40. The van der Waals surface area contributed by atoms with Gasteiger partial charge in [-0.3, -0.25) is 9.59 Å². The molecule has 144 valence electrons. The van der Waals surface area contributed by atoms with Crippen LogP contribution >= 0.6 is 0 Å².